The second-order valence-corrected chi connectivity index (χ2v) is 8.77. The van der Waals surface area contributed by atoms with Gasteiger partial charge in [0.25, 0.3) is 0 Å². The predicted octanol–water partition coefficient (Wildman–Crippen LogP) is 2.27. The van der Waals surface area contributed by atoms with Gasteiger partial charge in [0.15, 0.2) is 0 Å². The number of anilines is 1. The van der Waals surface area contributed by atoms with Gasteiger partial charge < -0.3 is 23.8 Å². The number of para-hydroxylation sites is 2. The average molecular weight is 427 g/mol. The van der Waals surface area contributed by atoms with Crippen LogP contribution in [0.2, 0.25) is 0 Å². The molecule has 0 amide bonds. The Morgan fingerprint density at radius 1 is 1.23 bits per heavy atom. The lowest BCUT2D eigenvalue weighted by atomic mass is 10.1. The molecule has 3 heterocycles. The number of Topliss-reactive ketones (excluding diaryl/α,β-unsaturated/α-hetero) is 1. The van der Waals surface area contributed by atoms with E-state index in [1.807, 2.05) is 19.1 Å². The smallest absolute Gasteiger partial charge is 0.218 e. The topological polar surface area (TPSA) is 48.1 Å². The fourth-order valence-electron chi connectivity index (χ4n) is 4.92. The maximum absolute atomic E-state index is 13.1. The predicted molar refractivity (Wildman–Crippen MR) is 123 cm³/mol. The minimum absolute atomic E-state index is 0.254. The SMILES string of the molecule is CCOc1ccccc1N1CC[NH+](CC(=O)c2cc(C)n(C[C@@H]3CCCO3)c2C)CC1. The van der Waals surface area contributed by atoms with E-state index in [2.05, 4.69) is 41.5 Å². The fourth-order valence-corrected chi connectivity index (χ4v) is 4.92. The summed E-state index contributed by atoms with van der Waals surface area (Å²) < 4.78 is 13.9. The number of quaternary nitrogens is 1. The number of hydrogen-bond acceptors (Lipinski definition) is 4. The van der Waals surface area contributed by atoms with Crippen molar-refractivity contribution in [1.82, 2.24) is 4.57 Å². The maximum atomic E-state index is 13.1. The Labute approximate surface area is 185 Å². The molecule has 2 saturated heterocycles. The van der Waals surface area contributed by atoms with Gasteiger partial charge in [-0.25, -0.2) is 0 Å². The molecule has 31 heavy (non-hydrogen) atoms. The second-order valence-electron chi connectivity index (χ2n) is 8.77. The van der Waals surface area contributed by atoms with Gasteiger partial charge in [0.1, 0.15) is 12.3 Å². The number of carbonyl (C=O) groups is 1. The van der Waals surface area contributed by atoms with Crippen molar-refractivity contribution in [3.8, 4) is 5.75 Å². The summed E-state index contributed by atoms with van der Waals surface area (Å²) in [6.45, 7) is 12.9. The third-order valence-electron chi connectivity index (χ3n) is 6.67. The number of benzene rings is 1. The van der Waals surface area contributed by atoms with E-state index in [1.165, 1.54) is 4.90 Å². The Morgan fingerprint density at radius 2 is 2.00 bits per heavy atom. The zero-order chi connectivity index (χ0) is 21.8. The van der Waals surface area contributed by atoms with Gasteiger partial charge in [0, 0.05) is 30.1 Å². The summed E-state index contributed by atoms with van der Waals surface area (Å²) in [6, 6.07) is 10.3. The number of ketones is 1. The van der Waals surface area contributed by atoms with Gasteiger partial charge >= 0.3 is 0 Å². The van der Waals surface area contributed by atoms with E-state index in [4.69, 9.17) is 9.47 Å². The van der Waals surface area contributed by atoms with Crippen LogP contribution >= 0.6 is 0 Å². The average Bonchev–Trinajstić information content (AvgIpc) is 3.39. The molecule has 4 rings (SSSR count). The lowest BCUT2D eigenvalue weighted by Crippen LogP contribution is -3.15. The van der Waals surface area contributed by atoms with Crippen LogP contribution in [0.3, 0.4) is 0 Å². The first kappa shape index (κ1) is 21.9. The third-order valence-corrected chi connectivity index (χ3v) is 6.67. The van der Waals surface area contributed by atoms with Crippen molar-refractivity contribution in [2.75, 3.05) is 50.8 Å². The standard InChI is InChI=1S/C25H35N3O3/c1-4-30-25-10-6-5-9-23(25)27-13-11-26(12-14-27)18-24(29)22-16-19(2)28(20(22)3)17-21-8-7-15-31-21/h5-6,9-10,16,21H,4,7-8,11-15,17-18H2,1-3H3/p+1/t21-/m0/s1. The van der Waals surface area contributed by atoms with E-state index in [9.17, 15) is 4.79 Å². The number of nitrogens with one attached hydrogen (secondary N) is 1. The summed E-state index contributed by atoms with van der Waals surface area (Å²) in [4.78, 5) is 16.9. The number of nitrogens with zero attached hydrogens (tertiary/aromatic N) is 2. The number of hydrogen-bond donors (Lipinski definition) is 1. The molecular weight excluding hydrogens is 390 g/mol. The first-order chi connectivity index (χ1) is 15.1. The van der Waals surface area contributed by atoms with Gasteiger partial charge in [-0.2, -0.15) is 0 Å². The molecule has 0 bridgehead atoms. The van der Waals surface area contributed by atoms with Crippen LogP contribution in [-0.4, -0.2) is 62.4 Å². The van der Waals surface area contributed by atoms with Crippen LogP contribution < -0.4 is 14.5 Å². The largest absolute Gasteiger partial charge is 0.492 e. The third kappa shape index (κ3) is 4.96. The minimum Gasteiger partial charge on any atom is -0.492 e. The van der Waals surface area contributed by atoms with Crippen LogP contribution in [0.15, 0.2) is 30.3 Å². The Kier molecular flexibility index (Phi) is 6.98. The van der Waals surface area contributed by atoms with Crippen molar-refractivity contribution in [3.63, 3.8) is 0 Å². The summed E-state index contributed by atoms with van der Waals surface area (Å²) >= 11 is 0. The highest BCUT2D eigenvalue weighted by Gasteiger charge is 2.27. The van der Waals surface area contributed by atoms with Crippen LogP contribution in [0.5, 0.6) is 5.75 Å². The number of carbonyl (C=O) groups excluding carboxylic acids is 1. The number of ether oxygens (including phenoxy) is 2. The molecule has 2 aliphatic heterocycles. The second kappa shape index (κ2) is 9.88. The van der Waals surface area contributed by atoms with Gasteiger partial charge in [0.05, 0.1) is 44.6 Å². The summed E-state index contributed by atoms with van der Waals surface area (Å²) in [5, 5.41) is 0. The maximum Gasteiger partial charge on any atom is 0.218 e. The molecule has 6 heteroatoms. The summed E-state index contributed by atoms with van der Waals surface area (Å²) in [6.07, 6.45) is 2.53. The number of aryl methyl sites for hydroxylation is 1. The molecule has 0 unspecified atom stereocenters. The molecule has 2 aromatic rings. The Bertz CT molecular complexity index is 893. The van der Waals surface area contributed by atoms with Crippen LogP contribution in [0, 0.1) is 13.8 Å². The van der Waals surface area contributed by atoms with Crippen LogP contribution in [-0.2, 0) is 11.3 Å². The molecular formula is C25H36N3O3+. The van der Waals surface area contributed by atoms with Crippen molar-refractivity contribution in [1.29, 1.82) is 0 Å². The van der Waals surface area contributed by atoms with Crippen molar-refractivity contribution in [2.45, 2.75) is 46.3 Å². The summed E-state index contributed by atoms with van der Waals surface area (Å²) in [7, 11) is 0. The highest BCUT2D eigenvalue weighted by Crippen LogP contribution is 2.28. The molecule has 0 saturated carbocycles. The van der Waals surface area contributed by atoms with E-state index in [-0.39, 0.29) is 11.9 Å². The van der Waals surface area contributed by atoms with Crippen LogP contribution in [0.1, 0.15) is 41.5 Å². The van der Waals surface area contributed by atoms with Crippen LogP contribution in [0.25, 0.3) is 0 Å². The summed E-state index contributed by atoms with van der Waals surface area (Å²) in [5.41, 5.74) is 4.28. The van der Waals surface area contributed by atoms with Gasteiger partial charge in [-0.05, 0) is 51.8 Å². The van der Waals surface area contributed by atoms with E-state index in [0.29, 0.717) is 13.2 Å². The van der Waals surface area contributed by atoms with E-state index < -0.39 is 0 Å². The van der Waals surface area contributed by atoms with Gasteiger partial charge in [-0.1, -0.05) is 12.1 Å². The first-order valence-corrected chi connectivity index (χ1v) is 11.7. The number of aromatic nitrogens is 1. The molecule has 1 aromatic heterocycles. The van der Waals surface area contributed by atoms with Gasteiger partial charge in [0.2, 0.25) is 5.78 Å². The van der Waals surface area contributed by atoms with Crippen LogP contribution in [0.4, 0.5) is 5.69 Å². The lowest BCUT2D eigenvalue weighted by molar-refractivity contribution is -0.892. The monoisotopic (exact) mass is 426 g/mol. The number of piperazine rings is 1. The molecule has 168 valence electrons. The highest BCUT2D eigenvalue weighted by atomic mass is 16.5. The molecule has 1 aromatic carbocycles. The van der Waals surface area contributed by atoms with E-state index in [1.54, 1.807) is 0 Å². The van der Waals surface area contributed by atoms with E-state index in [0.717, 1.165) is 80.6 Å². The van der Waals surface area contributed by atoms with Crippen molar-refractivity contribution in [3.05, 3.63) is 47.3 Å². The highest BCUT2D eigenvalue weighted by molar-refractivity contribution is 5.98. The Hall–Kier alpha value is -2.31. The fraction of sp³-hybridized carbons (Fsp3) is 0.560. The summed E-state index contributed by atoms with van der Waals surface area (Å²) in [5.74, 6) is 1.20. The first-order valence-electron chi connectivity index (χ1n) is 11.7. The van der Waals surface area contributed by atoms with Gasteiger partial charge in [-0.15, -0.1) is 0 Å². The zero-order valence-electron chi connectivity index (χ0n) is 19.2. The van der Waals surface area contributed by atoms with Crippen molar-refractivity contribution >= 4 is 11.5 Å². The Morgan fingerprint density at radius 3 is 2.71 bits per heavy atom. The molecule has 1 atom stereocenters. The Balaban J connectivity index is 1.35. The van der Waals surface area contributed by atoms with Crippen molar-refractivity contribution in [2.24, 2.45) is 0 Å². The normalized spacial score (nSPS) is 19.7. The quantitative estimate of drug-likeness (QED) is 0.658. The molecule has 2 fully saturated rings. The van der Waals surface area contributed by atoms with Crippen molar-refractivity contribution < 1.29 is 19.2 Å². The molecule has 0 radical (unpaired) electrons. The molecule has 2 aliphatic rings. The molecule has 6 nitrogen and oxygen atoms in total. The molecule has 0 aliphatic carbocycles. The minimum atomic E-state index is 0.254. The molecule has 1 N–H and O–H groups in total. The lowest BCUT2D eigenvalue weighted by Gasteiger charge is -2.34. The molecule has 0 spiro atoms. The zero-order valence-corrected chi connectivity index (χ0v) is 19.2. The van der Waals surface area contributed by atoms with E-state index >= 15 is 0 Å². The van der Waals surface area contributed by atoms with Gasteiger partial charge in [-0.3, -0.25) is 4.79 Å². The number of rotatable bonds is 8.